The number of aryl methyl sites for hydroxylation is 1. The first kappa shape index (κ1) is 16.0. The number of Topliss-reactive ketones (excluding diaryl/α,β-unsaturated/α-hetero) is 1. The molecular formula is C19H21NO2. The lowest BCUT2D eigenvalue weighted by Gasteiger charge is -2.21. The number of nitrogens with zero attached hydrogens (tertiary/aromatic N) is 1. The van der Waals surface area contributed by atoms with Gasteiger partial charge in [-0.2, -0.15) is 0 Å². The summed E-state index contributed by atoms with van der Waals surface area (Å²) in [5.41, 5.74) is 3.42. The molecule has 0 unspecified atom stereocenters. The highest BCUT2D eigenvalue weighted by Crippen LogP contribution is 2.24. The third-order valence-electron chi connectivity index (χ3n) is 3.91. The lowest BCUT2D eigenvalue weighted by atomic mass is 10.0. The Morgan fingerprint density at radius 2 is 1.73 bits per heavy atom. The third-order valence-corrected chi connectivity index (χ3v) is 3.91. The minimum absolute atomic E-state index is 0. The van der Waals surface area contributed by atoms with Gasteiger partial charge >= 0.3 is 0 Å². The predicted octanol–water partition coefficient (Wildman–Crippen LogP) is 4.12. The van der Waals surface area contributed by atoms with E-state index in [0.717, 1.165) is 29.7 Å². The molecule has 1 amide bonds. The van der Waals surface area contributed by atoms with Crippen LogP contribution in [0, 0.1) is 0 Å². The Balaban J connectivity index is 0.00000176. The van der Waals surface area contributed by atoms with Crippen LogP contribution in [0.5, 0.6) is 0 Å². The van der Waals surface area contributed by atoms with Crippen LogP contribution in [-0.2, 0) is 6.42 Å². The molecule has 3 nitrogen and oxygen atoms in total. The summed E-state index contributed by atoms with van der Waals surface area (Å²) in [6, 6.07) is 15.0. The van der Waals surface area contributed by atoms with E-state index >= 15 is 0 Å². The van der Waals surface area contributed by atoms with E-state index in [0.29, 0.717) is 12.1 Å². The maximum atomic E-state index is 12.7. The Morgan fingerprint density at radius 1 is 1.05 bits per heavy atom. The van der Waals surface area contributed by atoms with Crippen molar-refractivity contribution in [2.24, 2.45) is 0 Å². The highest BCUT2D eigenvalue weighted by molar-refractivity contribution is 6.07. The molecule has 114 valence electrons. The Morgan fingerprint density at radius 3 is 2.41 bits per heavy atom. The van der Waals surface area contributed by atoms with Crippen molar-refractivity contribution in [2.75, 3.05) is 11.4 Å². The van der Waals surface area contributed by atoms with Crippen molar-refractivity contribution in [3.63, 3.8) is 0 Å². The maximum absolute atomic E-state index is 12.7. The molecule has 0 atom stereocenters. The summed E-state index contributed by atoms with van der Waals surface area (Å²) in [7, 11) is 0. The number of fused-ring (bicyclic) bond motifs is 1. The van der Waals surface area contributed by atoms with Crippen LogP contribution in [0.2, 0.25) is 0 Å². The van der Waals surface area contributed by atoms with Gasteiger partial charge < -0.3 is 4.90 Å². The van der Waals surface area contributed by atoms with Gasteiger partial charge in [-0.15, -0.1) is 0 Å². The Hall–Kier alpha value is -2.42. The van der Waals surface area contributed by atoms with E-state index < -0.39 is 0 Å². The number of benzene rings is 2. The monoisotopic (exact) mass is 295 g/mol. The first-order valence-corrected chi connectivity index (χ1v) is 7.17. The number of hydrogen-bond acceptors (Lipinski definition) is 2. The van der Waals surface area contributed by atoms with E-state index in [4.69, 9.17) is 0 Å². The number of amides is 1. The number of hydrogen-bond donors (Lipinski definition) is 0. The molecule has 2 aromatic carbocycles. The summed E-state index contributed by atoms with van der Waals surface area (Å²) in [6.45, 7) is 2.25. The molecule has 1 aliphatic rings. The van der Waals surface area contributed by atoms with Crippen molar-refractivity contribution in [1.29, 1.82) is 0 Å². The van der Waals surface area contributed by atoms with Crippen LogP contribution in [-0.4, -0.2) is 18.2 Å². The van der Waals surface area contributed by atoms with Gasteiger partial charge in [0.15, 0.2) is 5.78 Å². The molecule has 22 heavy (non-hydrogen) atoms. The molecule has 0 saturated heterocycles. The van der Waals surface area contributed by atoms with Gasteiger partial charge in [-0.1, -0.05) is 25.6 Å². The second kappa shape index (κ2) is 6.56. The summed E-state index contributed by atoms with van der Waals surface area (Å²) < 4.78 is 0. The van der Waals surface area contributed by atoms with E-state index in [1.54, 1.807) is 24.0 Å². The van der Waals surface area contributed by atoms with Crippen molar-refractivity contribution in [3.8, 4) is 0 Å². The minimum atomic E-state index is 0. The fraction of sp³-hybridized carbons (Fsp3) is 0.263. The Kier molecular flexibility index (Phi) is 4.76. The van der Waals surface area contributed by atoms with Gasteiger partial charge in [-0.25, -0.2) is 0 Å². The van der Waals surface area contributed by atoms with E-state index in [9.17, 15) is 9.59 Å². The normalized spacial score (nSPS) is 13.9. The molecule has 0 fully saturated rings. The van der Waals surface area contributed by atoms with E-state index in [1.807, 2.05) is 36.4 Å². The van der Waals surface area contributed by atoms with Gasteiger partial charge in [0, 0.05) is 23.4 Å². The lowest BCUT2D eigenvalue weighted by molar-refractivity contribution is 0.0987. The molecule has 0 N–H and O–H groups in total. The number of anilines is 1. The fourth-order valence-corrected chi connectivity index (χ4v) is 2.74. The second-order valence-corrected chi connectivity index (χ2v) is 5.32. The topological polar surface area (TPSA) is 37.4 Å². The van der Waals surface area contributed by atoms with Crippen LogP contribution in [0.3, 0.4) is 0 Å². The van der Waals surface area contributed by atoms with Crippen molar-refractivity contribution < 1.29 is 9.59 Å². The number of carbonyl (C=O) groups excluding carboxylic acids is 2. The molecule has 3 rings (SSSR count). The SMILES string of the molecule is C.CC(=O)c1ccc(N2CCCc3ccccc3C2=O)cc1. The highest BCUT2D eigenvalue weighted by atomic mass is 16.2. The maximum Gasteiger partial charge on any atom is 0.258 e. The minimum Gasteiger partial charge on any atom is -0.308 e. The quantitative estimate of drug-likeness (QED) is 0.782. The summed E-state index contributed by atoms with van der Waals surface area (Å²) in [6.07, 6.45) is 1.86. The molecule has 0 saturated carbocycles. The molecule has 0 aliphatic carbocycles. The van der Waals surface area contributed by atoms with E-state index in [2.05, 4.69) is 0 Å². The van der Waals surface area contributed by atoms with E-state index in [-0.39, 0.29) is 19.1 Å². The average molecular weight is 295 g/mol. The van der Waals surface area contributed by atoms with Crippen molar-refractivity contribution >= 4 is 17.4 Å². The zero-order valence-electron chi connectivity index (χ0n) is 12.0. The zero-order chi connectivity index (χ0) is 14.8. The summed E-state index contributed by atoms with van der Waals surface area (Å²) >= 11 is 0. The molecule has 0 radical (unpaired) electrons. The Labute approximate surface area is 131 Å². The van der Waals surface area contributed by atoms with Gasteiger partial charge in [-0.05, 0) is 55.7 Å². The molecular weight excluding hydrogens is 274 g/mol. The third kappa shape index (κ3) is 2.93. The number of carbonyl (C=O) groups is 2. The largest absolute Gasteiger partial charge is 0.308 e. The standard InChI is InChI=1S/C18H17NO2.CH4/c1-13(20)14-8-10-16(11-9-14)19-12-4-6-15-5-2-3-7-17(15)18(19)21;/h2-3,5,7-11H,4,6,12H2,1H3;1H4. The van der Waals surface area contributed by atoms with Crippen LogP contribution in [0.15, 0.2) is 48.5 Å². The van der Waals surface area contributed by atoms with Crippen LogP contribution in [0.25, 0.3) is 0 Å². The second-order valence-electron chi connectivity index (χ2n) is 5.32. The van der Waals surface area contributed by atoms with Crippen LogP contribution < -0.4 is 4.90 Å². The smallest absolute Gasteiger partial charge is 0.258 e. The lowest BCUT2D eigenvalue weighted by Crippen LogP contribution is -2.30. The van der Waals surface area contributed by atoms with Crippen LogP contribution in [0.4, 0.5) is 5.69 Å². The van der Waals surface area contributed by atoms with Gasteiger partial charge in [0.1, 0.15) is 0 Å². The average Bonchev–Trinajstić information content (AvgIpc) is 2.67. The molecule has 0 bridgehead atoms. The van der Waals surface area contributed by atoms with Crippen LogP contribution >= 0.6 is 0 Å². The number of rotatable bonds is 2. The Bertz CT molecular complexity index is 689. The fourth-order valence-electron chi connectivity index (χ4n) is 2.74. The summed E-state index contributed by atoms with van der Waals surface area (Å²) in [4.78, 5) is 25.9. The van der Waals surface area contributed by atoms with Crippen LogP contribution in [0.1, 0.15) is 47.1 Å². The van der Waals surface area contributed by atoms with Crippen molar-refractivity contribution in [3.05, 3.63) is 65.2 Å². The highest BCUT2D eigenvalue weighted by Gasteiger charge is 2.23. The van der Waals surface area contributed by atoms with Crippen molar-refractivity contribution in [2.45, 2.75) is 27.2 Å². The van der Waals surface area contributed by atoms with Crippen molar-refractivity contribution in [1.82, 2.24) is 0 Å². The summed E-state index contributed by atoms with van der Waals surface area (Å²) in [5.74, 6) is 0.0766. The molecule has 1 heterocycles. The van der Waals surface area contributed by atoms with Gasteiger partial charge in [0.05, 0.1) is 0 Å². The summed E-state index contributed by atoms with van der Waals surface area (Å²) in [5, 5.41) is 0. The number of ketones is 1. The first-order valence-electron chi connectivity index (χ1n) is 7.17. The molecule has 3 heteroatoms. The first-order chi connectivity index (χ1) is 10.2. The molecule has 0 aromatic heterocycles. The van der Waals surface area contributed by atoms with Gasteiger partial charge in [-0.3, -0.25) is 9.59 Å². The predicted molar refractivity (Wildman–Crippen MR) is 89.6 cm³/mol. The molecule has 1 aliphatic heterocycles. The van der Waals surface area contributed by atoms with E-state index in [1.165, 1.54) is 0 Å². The molecule has 2 aromatic rings. The van der Waals surface area contributed by atoms with Gasteiger partial charge in [0.2, 0.25) is 0 Å². The van der Waals surface area contributed by atoms with Gasteiger partial charge in [0.25, 0.3) is 5.91 Å². The molecule has 0 spiro atoms. The zero-order valence-corrected chi connectivity index (χ0v) is 12.0.